The fraction of sp³-hybridized carbons (Fsp3) is 0.381. The first-order valence-electron chi connectivity index (χ1n) is 8.66. The van der Waals surface area contributed by atoms with Gasteiger partial charge in [0.15, 0.2) is 0 Å². The lowest BCUT2D eigenvalue weighted by molar-refractivity contribution is -0.119. The monoisotopic (exact) mass is 339 g/mol. The van der Waals surface area contributed by atoms with Gasteiger partial charge in [-0.2, -0.15) is 0 Å². The Kier molecular flexibility index (Phi) is 5.62. The number of carbonyl (C=O) groups excluding carboxylic acids is 1. The van der Waals surface area contributed by atoms with Crippen LogP contribution in [-0.2, 0) is 23.4 Å². The Morgan fingerprint density at radius 3 is 2.83 bits per heavy atom. The van der Waals surface area contributed by atoms with Gasteiger partial charge in [0.25, 0.3) is 0 Å². The lowest BCUT2D eigenvalue weighted by Crippen LogP contribution is -2.28. The number of hydrogen-bond donors (Lipinski definition) is 1. The molecule has 24 heavy (non-hydrogen) atoms. The number of benzene rings is 2. The van der Waals surface area contributed by atoms with E-state index < -0.39 is 0 Å². The van der Waals surface area contributed by atoms with Crippen molar-refractivity contribution in [1.29, 1.82) is 0 Å². The molecule has 126 valence electrons. The first kappa shape index (κ1) is 17.1. The molecule has 0 saturated heterocycles. The molecule has 0 saturated carbocycles. The molecule has 0 spiro atoms. The minimum absolute atomic E-state index is 0.0722. The van der Waals surface area contributed by atoms with E-state index in [2.05, 4.69) is 61.6 Å². The molecule has 2 nitrogen and oxygen atoms in total. The zero-order valence-corrected chi connectivity index (χ0v) is 15.3. The van der Waals surface area contributed by atoms with E-state index in [0.29, 0.717) is 5.75 Å². The van der Waals surface area contributed by atoms with E-state index >= 15 is 0 Å². The highest BCUT2D eigenvalue weighted by Crippen LogP contribution is 2.25. The second-order valence-corrected chi connectivity index (χ2v) is 7.64. The van der Waals surface area contributed by atoms with E-state index in [1.807, 2.05) is 0 Å². The van der Waals surface area contributed by atoms with Crippen LogP contribution in [0.15, 0.2) is 42.5 Å². The molecular formula is C21H25NOS. The molecule has 0 aromatic heterocycles. The number of carbonyl (C=O) groups is 1. The van der Waals surface area contributed by atoms with Crippen LogP contribution in [0.1, 0.15) is 47.2 Å². The average molecular weight is 340 g/mol. The summed E-state index contributed by atoms with van der Waals surface area (Å²) in [6.45, 7) is 4.17. The Balaban J connectivity index is 1.47. The van der Waals surface area contributed by atoms with Crippen LogP contribution in [0.2, 0.25) is 0 Å². The van der Waals surface area contributed by atoms with E-state index in [0.717, 1.165) is 5.75 Å². The third-order valence-corrected chi connectivity index (χ3v) is 5.59. The Labute approximate surface area is 149 Å². The Morgan fingerprint density at radius 1 is 1.17 bits per heavy atom. The smallest absolute Gasteiger partial charge is 0.230 e. The van der Waals surface area contributed by atoms with Gasteiger partial charge < -0.3 is 5.32 Å². The van der Waals surface area contributed by atoms with Gasteiger partial charge in [0.2, 0.25) is 5.91 Å². The van der Waals surface area contributed by atoms with Crippen molar-refractivity contribution in [1.82, 2.24) is 5.32 Å². The zero-order chi connectivity index (χ0) is 16.9. The summed E-state index contributed by atoms with van der Waals surface area (Å²) in [5.41, 5.74) is 6.70. The van der Waals surface area contributed by atoms with Gasteiger partial charge in [0.1, 0.15) is 0 Å². The Bertz CT molecular complexity index is 726. The van der Waals surface area contributed by atoms with Crippen LogP contribution in [0.5, 0.6) is 0 Å². The van der Waals surface area contributed by atoms with Crippen LogP contribution in [0.4, 0.5) is 0 Å². The molecule has 3 rings (SSSR count). The molecule has 1 amide bonds. The molecule has 0 bridgehead atoms. The molecule has 3 heteroatoms. The maximum Gasteiger partial charge on any atom is 0.230 e. The Hall–Kier alpha value is -1.74. The molecular weight excluding hydrogens is 314 g/mol. The Morgan fingerprint density at radius 2 is 2.00 bits per heavy atom. The predicted molar refractivity (Wildman–Crippen MR) is 102 cm³/mol. The summed E-state index contributed by atoms with van der Waals surface area (Å²) in [5, 5.41) is 3.13. The molecule has 1 aliphatic carbocycles. The number of hydrogen-bond acceptors (Lipinski definition) is 2. The molecule has 1 N–H and O–H groups in total. The SMILES string of the molecule is Cc1cccc(CSCC(=O)NC(C)c2ccc3c(c2)CCC3)c1. The van der Waals surface area contributed by atoms with Crippen molar-refractivity contribution in [2.75, 3.05) is 5.75 Å². The normalized spacial score (nSPS) is 14.2. The maximum atomic E-state index is 12.2. The first-order chi connectivity index (χ1) is 11.6. The third-order valence-electron chi connectivity index (χ3n) is 4.58. The minimum Gasteiger partial charge on any atom is -0.349 e. The summed E-state index contributed by atoms with van der Waals surface area (Å²) >= 11 is 1.67. The van der Waals surface area contributed by atoms with Crippen molar-refractivity contribution in [3.8, 4) is 0 Å². The lowest BCUT2D eigenvalue weighted by atomic mass is 10.0. The molecule has 2 aromatic carbocycles. The van der Waals surface area contributed by atoms with Gasteiger partial charge >= 0.3 is 0 Å². The summed E-state index contributed by atoms with van der Waals surface area (Å²) in [4.78, 5) is 12.2. The van der Waals surface area contributed by atoms with E-state index in [9.17, 15) is 4.79 Å². The minimum atomic E-state index is 0.0722. The molecule has 0 heterocycles. The van der Waals surface area contributed by atoms with Crippen LogP contribution in [0.3, 0.4) is 0 Å². The third kappa shape index (κ3) is 4.41. The van der Waals surface area contributed by atoms with Crippen molar-refractivity contribution in [3.63, 3.8) is 0 Å². The number of thioether (sulfide) groups is 1. The molecule has 0 fully saturated rings. The highest BCUT2D eigenvalue weighted by Gasteiger charge is 2.14. The van der Waals surface area contributed by atoms with Crippen molar-refractivity contribution in [3.05, 3.63) is 70.3 Å². The van der Waals surface area contributed by atoms with Crippen molar-refractivity contribution in [2.24, 2.45) is 0 Å². The molecule has 1 atom stereocenters. The van der Waals surface area contributed by atoms with Gasteiger partial charge in [-0.15, -0.1) is 11.8 Å². The van der Waals surface area contributed by atoms with Gasteiger partial charge in [-0.1, -0.05) is 48.0 Å². The predicted octanol–water partition coefficient (Wildman–Crippen LogP) is 4.59. The van der Waals surface area contributed by atoms with Crippen molar-refractivity contribution in [2.45, 2.75) is 44.9 Å². The second kappa shape index (κ2) is 7.89. The van der Waals surface area contributed by atoms with Gasteiger partial charge in [-0.25, -0.2) is 0 Å². The highest BCUT2D eigenvalue weighted by atomic mass is 32.2. The summed E-state index contributed by atoms with van der Waals surface area (Å²) in [6.07, 6.45) is 3.64. The number of fused-ring (bicyclic) bond motifs is 1. The van der Waals surface area contributed by atoms with Crippen LogP contribution in [0, 0.1) is 6.92 Å². The number of aryl methyl sites for hydroxylation is 3. The van der Waals surface area contributed by atoms with Crippen molar-refractivity contribution >= 4 is 17.7 Å². The zero-order valence-electron chi connectivity index (χ0n) is 14.5. The topological polar surface area (TPSA) is 29.1 Å². The number of rotatable bonds is 6. The largest absolute Gasteiger partial charge is 0.349 e. The highest BCUT2D eigenvalue weighted by molar-refractivity contribution is 7.99. The van der Waals surface area contributed by atoms with E-state index in [1.54, 1.807) is 11.8 Å². The molecule has 1 aliphatic rings. The van der Waals surface area contributed by atoms with E-state index in [1.165, 1.54) is 47.1 Å². The molecule has 1 unspecified atom stereocenters. The van der Waals surface area contributed by atoms with Crippen LogP contribution in [0.25, 0.3) is 0 Å². The van der Waals surface area contributed by atoms with Gasteiger partial charge in [0, 0.05) is 5.75 Å². The summed E-state index contributed by atoms with van der Waals surface area (Å²) in [5.74, 6) is 1.49. The van der Waals surface area contributed by atoms with Crippen LogP contribution >= 0.6 is 11.8 Å². The summed E-state index contributed by atoms with van der Waals surface area (Å²) in [6, 6.07) is 15.2. The van der Waals surface area contributed by atoms with Crippen LogP contribution in [-0.4, -0.2) is 11.7 Å². The number of nitrogens with one attached hydrogen (secondary N) is 1. The first-order valence-corrected chi connectivity index (χ1v) is 9.81. The standard InChI is InChI=1S/C21H25NOS/c1-15-5-3-6-17(11-15)13-24-14-21(23)22-16(2)19-10-9-18-7-4-8-20(18)12-19/h3,5-6,9-12,16H,4,7-8,13-14H2,1-2H3,(H,22,23). The van der Waals surface area contributed by atoms with Gasteiger partial charge in [-0.3, -0.25) is 4.79 Å². The average Bonchev–Trinajstić information content (AvgIpc) is 3.02. The van der Waals surface area contributed by atoms with Crippen molar-refractivity contribution < 1.29 is 4.79 Å². The lowest BCUT2D eigenvalue weighted by Gasteiger charge is -2.15. The second-order valence-electron chi connectivity index (χ2n) is 6.65. The number of amides is 1. The summed E-state index contributed by atoms with van der Waals surface area (Å²) in [7, 11) is 0. The summed E-state index contributed by atoms with van der Waals surface area (Å²) < 4.78 is 0. The molecule has 2 aromatic rings. The van der Waals surface area contributed by atoms with Crippen LogP contribution < -0.4 is 5.32 Å². The quantitative estimate of drug-likeness (QED) is 0.834. The maximum absolute atomic E-state index is 12.2. The van der Waals surface area contributed by atoms with Gasteiger partial charge in [0.05, 0.1) is 11.8 Å². The molecule has 0 radical (unpaired) electrons. The molecule has 0 aliphatic heterocycles. The van der Waals surface area contributed by atoms with E-state index in [4.69, 9.17) is 0 Å². The van der Waals surface area contributed by atoms with Gasteiger partial charge in [-0.05, 0) is 55.4 Å². The van der Waals surface area contributed by atoms with E-state index in [-0.39, 0.29) is 11.9 Å². The fourth-order valence-corrected chi connectivity index (χ4v) is 4.08. The fourth-order valence-electron chi connectivity index (χ4n) is 3.29.